The molecule has 3 nitrogen and oxygen atoms in total. The van der Waals surface area contributed by atoms with Crippen molar-refractivity contribution < 1.29 is 13.6 Å². The molecule has 0 bridgehead atoms. The number of hydrogen-bond acceptors (Lipinski definition) is 2. The maximum absolute atomic E-state index is 12.1. The first kappa shape index (κ1) is 31.6. The van der Waals surface area contributed by atoms with Crippen molar-refractivity contribution >= 4 is 7.68 Å². The van der Waals surface area contributed by atoms with Gasteiger partial charge in [0.05, 0.1) is 21.1 Å². The monoisotopic (exact) mass is 470 g/mol. The van der Waals surface area contributed by atoms with Crippen molar-refractivity contribution in [3.8, 4) is 0 Å². The fraction of sp³-hybridized carbons (Fsp3) is 0.929. The molecule has 4 heteroatoms. The lowest BCUT2D eigenvalue weighted by atomic mass is 9.99. The minimum absolute atomic E-state index is 0.523. The quantitative estimate of drug-likeness (QED) is 0.0644. The highest BCUT2D eigenvalue weighted by molar-refractivity contribution is 7.32. The van der Waals surface area contributed by atoms with Gasteiger partial charge in [-0.25, -0.2) is 9.13 Å². The van der Waals surface area contributed by atoms with Gasteiger partial charge in [0.15, 0.2) is 0 Å². The van der Waals surface area contributed by atoms with Crippen LogP contribution in [-0.4, -0.2) is 30.9 Å². The van der Waals surface area contributed by atoms with Gasteiger partial charge >= 0.3 is 7.68 Å². The van der Waals surface area contributed by atoms with Crippen LogP contribution in [0.1, 0.15) is 142 Å². The first-order valence-electron chi connectivity index (χ1n) is 13.9. The Morgan fingerprint density at radius 2 is 0.969 bits per heavy atom. The maximum Gasteiger partial charge on any atom is 0.378 e. The van der Waals surface area contributed by atoms with Crippen LogP contribution in [0.15, 0.2) is 12.2 Å². The summed E-state index contributed by atoms with van der Waals surface area (Å²) in [4.78, 5) is 0. The number of rotatable bonds is 23. The van der Waals surface area contributed by atoms with Gasteiger partial charge < -0.3 is 4.48 Å². The molecule has 0 heterocycles. The van der Waals surface area contributed by atoms with Gasteiger partial charge in [-0.05, 0) is 38.5 Å². The minimum Gasteiger partial charge on any atom is -0.314 e. The molecule has 0 aliphatic rings. The molecule has 32 heavy (non-hydrogen) atoms. The molecule has 0 spiro atoms. The van der Waals surface area contributed by atoms with E-state index in [1.807, 2.05) is 21.1 Å². The van der Waals surface area contributed by atoms with Gasteiger partial charge in [-0.2, -0.15) is 0 Å². The maximum atomic E-state index is 12.1. The molecule has 0 saturated heterocycles. The summed E-state index contributed by atoms with van der Waals surface area (Å²) >= 11 is 0. The third-order valence-corrected chi connectivity index (χ3v) is 8.80. The molecule has 0 aromatic rings. The number of unbranched alkanes of at least 4 members (excludes halogenated alkanes) is 15. The summed E-state index contributed by atoms with van der Waals surface area (Å²) in [6, 6.07) is 0. The molecule has 1 unspecified atom stereocenters. The van der Waals surface area contributed by atoms with Crippen LogP contribution in [0.3, 0.4) is 0 Å². The second kappa shape index (κ2) is 20.0. The average molecular weight is 471 g/mol. The van der Waals surface area contributed by atoms with E-state index in [9.17, 15) is 9.13 Å². The molecular weight excluding hydrogens is 413 g/mol. The summed E-state index contributed by atoms with van der Waals surface area (Å²) in [6.07, 6.45) is 29.6. The van der Waals surface area contributed by atoms with Crippen LogP contribution in [0.4, 0.5) is 0 Å². The molecule has 0 aromatic heterocycles. The summed E-state index contributed by atoms with van der Waals surface area (Å²) < 4.78 is 24.7. The van der Waals surface area contributed by atoms with E-state index in [1.54, 1.807) is 0 Å². The SMILES string of the molecule is CCCCCCC=CCCCCCCCCCCCCCC(CCC)(P(=O)=O)[N+](C)(C)C. The second-order valence-electron chi connectivity index (χ2n) is 10.8. The van der Waals surface area contributed by atoms with Crippen molar-refractivity contribution in [2.45, 2.75) is 148 Å². The smallest absolute Gasteiger partial charge is 0.314 e. The highest BCUT2D eigenvalue weighted by Crippen LogP contribution is 2.44. The first-order valence-corrected chi connectivity index (χ1v) is 15.1. The molecule has 1 atom stereocenters. The van der Waals surface area contributed by atoms with Crippen LogP contribution in [0.2, 0.25) is 0 Å². The zero-order valence-electron chi connectivity index (χ0n) is 22.5. The van der Waals surface area contributed by atoms with Crippen LogP contribution in [0, 0.1) is 0 Å². The van der Waals surface area contributed by atoms with Gasteiger partial charge in [-0.15, -0.1) is 0 Å². The molecule has 0 aliphatic carbocycles. The predicted molar refractivity (Wildman–Crippen MR) is 142 cm³/mol. The largest absolute Gasteiger partial charge is 0.378 e. The minimum atomic E-state index is -2.42. The van der Waals surface area contributed by atoms with E-state index >= 15 is 0 Å². The van der Waals surface area contributed by atoms with Crippen molar-refractivity contribution in [2.75, 3.05) is 21.1 Å². The lowest BCUT2D eigenvalue weighted by Gasteiger charge is -2.41. The van der Waals surface area contributed by atoms with E-state index in [2.05, 4.69) is 26.0 Å². The highest BCUT2D eigenvalue weighted by atomic mass is 31.1. The van der Waals surface area contributed by atoms with Crippen molar-refractivity contribution in [2.24, 2.45) is 0 Å². The lowest BCUT2D eigenvalue weighted by Crippen LogP contribution is -2.53. The fourth-order valence-electron chi connectivity index (χ4n) is 4.81. The zero-order valence-corrected chi connectivity index (χ0v) is 23.4. The Hall–Kier alpha value is -0.400. The van der Waals surface area contributed by atoms with Crippen LogP contribution in [0.25, 0.3) is 0 Å². The van der Waals surface area contributed by atoms with E-state index in [1.165, 1.54) is 103 Å². The van der Waals surface area contributed by atoms with E-state index < -0.39 is 13.0 Å². The van der Waals surface area contributed by atoms with Crippen molar-refractivity contribution in [3.05, 3.63) is 12.2 Å². The Kier molecular flexibility index (Phi) is 19.8. The molecule has 0 amide bonds. The fourth-order valence-corrected chi connectivity index (χ4v) is 6.05. The molecule has 0 radical (unpaired) electrons. The van der Waals surface area contributed by atoms with Gasteiger partial charge in [-0.3, -0.25) is 0 Å². The number of allylic oxidation sites excluding steroid dienone is 2. The molecular formula is C28H57NO2P+. The molecule has 0 N–H and O–H groups in total. The summed E-state index contributed by atoms with van der Waals surface area (Å²) in [5.74, 6) is 0. The molecule has 0 rings (SSSR count). The Bertz CT molecular complexity index is 514. The normalized spacial score (nSPS) is 14.2. The lowest BCUT2D eigenvalue weighted by molar-refractivity contribution is -0.908. The summed E-state index contributed by atoms with van der Waals surface area (Å²) in [5, 5.41) is -0.589. The van der Waals surface area contributed by atoms with Crippen LogP contribution in [0.5, 0.6) is 0 Å². The van der Waals surface area contributed by atoms with Gasteiger partial charge in [-0.1, -0.05) is 103 Å². The number of hydrogen-bond donors (Lipinski definition) is 0. The number of nitrogens with zero attached hydrogens (tertiary/aromatic N) is 1. The Morgan fingerprint density at radius 3 is 1.34 bits per heavy atom. The molecule has 190 valence electrons. The van der Waals surface area contributed by atoms with Gasteiger partial charge in [0.1, 0.15) is 0 Å². The van der Waals surface area contributed by atoms with Crippen molar-refractivity contribution in [1.29, 1.82) is 0 Å². The first-order chi connectivity index (χ1) is 15.3. The van der Waals surface area contributed by atoms with Crippen LogP contribution in [-0.2, 0) is 9.13 Å². The molecule has 0 aliphatic heterocycles. The standard InChI is InChI=1S/C28H57NO2P/c1-6-8-9-10-11-12-13-14-15-16-17-18-19-20-21-22-23-24-25-27-28(26-7-2,32(30)31)29(3,4)5/h12-13H,6-11,14-27H2,1-5H3/q+1. The third kappa shape index (κ3) is 14.7. The summed E-state index contributed by atoms with van der Waals surface area (Å²) in [5.41, 5.74) is 0. The Morgan fingerprint density at radius 1 is 0.562 bits per heavy atom. The molecule has 0 saturated carbocycles. The number of quaternary nitrogens is 1. The van der Waals surface area contributed by atoms with Gasteiger partial charge in [0.2, 0.25) is 5.28 Å². The zero-order chi connectivity index (χ0) is 24.1. The Labute approximate surface area is 202 Å². The molecule has 0 fully saturated rings. The average Bonchev–Trinajstić information content (AvgIpc) is 2.73. The van der Waals surface area contributed by atoms with E-state index in [4.69, 9.17) is 0 Å². The Balaban J connectivity index is 3.62. The van der Waals surface area contributed by atoms with Crippen molar-refractivity contribution in [1.82, 2.24) is 0 Å². The van der Waals surface area contributed by atoms with Gasteiger partial charge in [0, 0.05) is 12.8 Å². The summed E-state index contributed by atoms with van der Waals surface area (Å²) in [7, 11) is 3.68. The summed E-state index contributed by atoms with van der Waals surface area (Å²) in [6.45, 7) is 4.36. The van der Waals surface area contributed by atoms with Gasteiger partial charge in [0.25, 0.3) is 0 Å². The van der Waals surface area contributed by atoms with Crippen molar-refractivity contribution in [3.63, 3.8) is 0 Å². The topological polar surface area (TPSA) is 34.1 Å². The molecule has 0 aromatic carbocycles. The second-order valence-corrected chi connectivity index (χ2v) is 12.1. The van der Waals surface area contributed by atoms with Crippen LogP contribution >= 0.6 is 7.68 Å². The van der Waals surface area contributed by atoms with E-state index in [0.29, 0.717) is 4.48 Å². The van der Waals surface area contributed by atoms with E-state index in [0.717, 1.165) is 25.7 Å². The van der Waals surface area contributed by atoms with E-state index in [-0.39, 0.29) is 0 Å². The predicted octanol–water partition coefficient (Wildman–Crippen LogP) is 9.96. The highest BCUT2D eigenvalue weighted by Gasteiger charge is 2.47. The third-order valence-electron chi connectivity index (χ3n) is 7.08. The van der Waals surface area contributed by atoms with Crippen LogP contribution < -0.4 is 0 Å².